The zero-order valence-electron chi connectivity index (χ0n) is 14.5. The number of hydrogen-bond donors (Lipinski definition) is 0. The van der Waals surface area contributed by atoms with E-state index in [1.54, 1.807) is 36.1 Å². The van der Waals surface area contributed by atoms with Gasteiger partial charge in [-0.1, -0.05) is 41.4 Å². The topological polar surface area (TPSA) is 46.6 Å². The highest BCUT2D eigenvalue weighted by atomic mass is 35.5. The highest BCUT2D eigenvalue weighted by molar-refractivity contribution is 6.30. The van der Waals surface area contributed by atoms with Crippen molar-refractivity contribution in [2.75, 3.05) is 13.2 Å². The molecule has 0 spiro atoms. The van der Waals surface area contributed by atoms with Gasteiger partial charge in [0.2, 0.25) is 0 Å². The summed E-state index contributed by atoms with van der Waals surface area (Å²) < 4.78 is 4.97. The van der Waals surface area contributed by atoms with E-state index >= 15 is 0 Å². The van der Waals surface area contributed by atoms with Gasteiger partial charge in [-0.2, -0.15) is 0 Å². The molecule has 2 aromatic carbocycles. The van der Waals surface area contributed by atoms with Gasteiger partial charge in [0.1, 0.15) is 0 Å². The summed E-state index contributed by atoms with van der Waals surface area (Å²) in [7, 11) is 0. The zero-order valence-corrected chi connectivity index (χ0v) is 15.3. The molecule has 4 nitrogen and oxygen atoms in total. The SMILES string of the molecule is CCOC(=O)CCN(Cc1ccc(C)cc1)C(=O)c1ccc(Cl)cc1. The quantitative estimate of drug-likeness (QED) is 0.694. The normalized spacial score (nSPS) is 10.4. The zero-order chi connectivity index (χ0) is 18.2. The summed E-state index contributed by atoms with van der Waals surface area (Å²) in [6.45, 7) is 4.85. The number of esters is 1. The molecule has 0 unspecified atom stereocenters. The van der Waals surface area contributed by atoms with Crippen molar-refractivity contribution in [3.8, 4) is 0 Å². The predicted molar refractivity (Wildman–Crippen MR) is 98.6 cm³/mol. The summed E-state index contributed by atoms with van der Waals surface area (Å²) in [6.07, 6.45) is 0.166. The number of benzene rings is 2. The average Bonchev–Trinajstić information content (AvgIpc) is 2.60. The van der Waals surface area contributed by atoms with Crippen molar-refractivity contribution in [1.29, 1.82) is 0 Å². The lowest BCUT2D eigenvalue weighted by Crippen LogP contribution is -2.33. The smallest absolute Gasteiger partial charge is 0.307 e. The van der Waals surface area contributed by atoms with Gasteiger partial charge in [0.15, 0.2) is 0 Å². The largest absolute Gasteiger partial charge is 0.466 e. The molecule has 0 bridgehead atoms. The van der Waals surface area contributed by atoms with Crippen molar-refractivity contribution in [2.24, 2.45) is 0 Å². The van der Waals surface area contributed by atoms with Gasteiger partial charge >= 0.3 is 5.97 Å². The number of aryl methyl sites for hydroxylation is 1. The Balaban J connectivity index is 2.14. The molecule has 0 fully saturated rings. The second-order valence-electron chi connectivity index (χ2n) is 5.77. The molecule has 1 amide bonds. The summed E-state index contributed by atoms with van der Waals surface area (Å²) in [5, 5.41) is 0.577. The van der Waals surface area contributed by atoms with E-state index in [-0.39, 0.29) is 18.3 Å². The number of hydrogen-bond acceptors (Lipinski definition) is 3. The molecule has 0 aliphatic carbocycles. The minimum absolute atomic E-state index is 0.137. The molecule has 0 saturated carbocycles. The van der Waals surface area contributed by atoms with E-state index in [0.717, 1.165) is 11.1 Å². The van der Waals surface area contributed by atoms with Gasteiger partial charge in [0, 0.05) is 23.7 Å². The summed E-state index contributed by atoms with van der Waals surface area (Å²) in [5.41, 5.74) is 2.71. The van der Waals surface area contributed by atoms with Crippen LogP contribution in [0, 0.1) is 6.92 Å². The molecule has 0 aliphatic rings. The standard InChI is InChI=1S/C20H22ClNO3/c1-3-25-19(23)12-13-22(14-16-6-4-15(2)5-7-16)20(24)17-8-10-18(21)11-9-17/h4-11H,3,12-14H2,1-2H3. The Hall–Kier alpha value is -2.33. The molecule has 0 N–H and O–H groups in total. The van der Waals surface area contributed by atoms with Crippen LogP contribution >= 0.6 is 11.6 Å². The third-order valence-corrected chi connectivity index (χ3v) is 4.02. The first kappa shape index (κ1) is 19.0. The molecule has 0 saturated heterocycles. The van der Waals surface area contributed by atoms with Crippen molar-refractivity contribution < 1.29 is 14.3 Å². The van der Waals surface area contributed by atoms with Crippen LogP contribution < -0.4 is 0 Å². The van der Waals surface area contributed by atoms with Crippen molar-refractivity contribution >= 4 is 23.5 Å². The Labute approximate surface area is 153 Å². The lowest BCUT2D eigenvalue weighted by molar-refractivity contribution is -0.143. The maximum Gasteiger partial charge on any atom is 0.307 e. The van der Waals surface area contributed by atoms with Crippen LogP contribution in [0.2, 0.25) is 5.02 Å². The first-order valence-corrected chi connectivity index (χ1v) is 8.63. The minimum atomic E-state index is -0.305. The van der Waals surface area contributed by atoms with Gasteiger partial charge in [-0.3, -0.25) is 9.59 Å². The Morgan fingerprint density at radius 3 is 2.28 bits per heavy atom. The molecule has 2 aromatic rings. The van der Waals surface area contributed by atoms with Crippen molar-refractivity contribution in [3.05, 3.63) is 70.2 Å². The van der Waals surface area contributed by atoms with E-state index < -0.39 is 0 Å². The molecule has 0 atom stereocenters. The number of rotatable bonds is 7. The summed E-state index contributed by atoms with van der Waals surface area (Å²) in [6, 6.07) is 14.7. The van der Waals surface area contributed by atoms with E-state index in [0.29, 0.717) is 30.3 Å². The Bertz CT molecular complexity index is 711. The van der Waals surface area contributed by atoms with Crippen LogP contribution in [0.3, 0.4) is 0 Å². The molecule has 25 heavy (non-hydrogen) atoms. The molecular weight excluding hydrogens is 338 g/mol. The predicted octanol–water partition coefficient (Wildman–Crippen LogP) is 4.24. The van der Waals surface area contributed by atoms with Gasteiger partial charge in [-0.25, -0.2) is 0 Å². The maximum absolute atomic E-state index is 12.8. The molecular formula is C20H22ClNO3. The number of carbonyl (C=O) groups excluding carboxylic acids is 2. The fourth-order valence-electron chi connectivity index (χ4n) is 2.40. The molecule has 0 heterocycles. The van der Waals surface area contributed by atoms with Crippen LogP contribution in [-0.2, 0) is 16.1 Å². The van der Waals surface area contributed by atoms with E-state index in [2.05, 4.69) is 0 Å². The van der Waals surface area contributed by atoms with Gasteiger partial charge in [-0.15, -0.1) is 0 Å². The fraction of sp³-hybridized carbons (Fsp3) is 0.300. The molecule has 0 aliphatic heterocycles. The fourth-order valence-corrected chi connectivity index (χ4v) is 2.53. The monoisotopic (exact) mass is 359 g/mol. The van der Waals surface area contributed by atoms with Gasteiger partial charge in [0.25, 0.3) is 5.91 Å². The number of carbonyl (C=O) groups is 2. The van der Waals surface area contributed by atoms with E-state index in [4.69, 9.17) is 16.3 Å². The third-order valence-electron chi connectivity index (χ3n) is 3.76. The summed E-state index contributed by atoms with van der Waals surface area (Å²) in [5.74, 6) is -0.443. The number of halogens is 1. The van der Waals surface area contributed by atoms with Gasteiger partial charge in [-0.05, 0) is 43.7 Å². The molecule has 5 heteroatoms. The Morgan fingerprint density at radius 2 is 1.68 bits per heavy atom. The molecule has 0 aromatic heterocycles. The van der Waals surface area contributed by atoms with Crippen LogP contribution in [0.4, 0.5) is 0 Å². The van der Waals surface area contributed by atoms with Crippen molar-refractivity contribution in [2.45, 2.75) is 26.8 Å². The maximum atomic E-state index is 12.8. The van der Waals surface area contributed by atoms with E-state index in [1.807, 2.05) is 31.2 Å². The van der Waals surface area contributed by atoms with Gasteiger partial charge < -0.3 is 9.64 Å². The van der Waals surface area contributed by atoms with E-state index in [9.17, 15) is 9.59 Å². The lowest BCUT2D eigenvalue weighted by Gasteiger charge is -2.23. The van der Waals surface area contributed by atoms with E-state index in [1.165, 1.54) is 0 Å². The summed E-state index contributed by atoms with van der Waals surface area (Å²) in [4.78, 5) is 26.2. The second-order valence-corrected chi connectivity index (χ2v) is 6.21. The van der Waals surface area contributed by atoms with Crippen LogP contribution in [-0.4, -0.2) is 29.9 Å². The molecule has 132 valence electrons. The van der Waals surface area contributed by atoms with Crippen molar-refractivity contribution in [3.63, 3.8) is 0 Å². The third kappa shape index (κ3) is 5.91. The average molecular weight is 360 g/mol. The number of nitrogens with zero attached hydrogens (tertiary/aromatic N) is 1. The number of amides is 1. The van der Waals surface area contributed by atoms with Crippen LogP contribution in [0.1, 0.15) is 34.8 Å². The summed E-state index contributed by atoms with van der Waals surface area (Å²) >= 11 is 5.89. The Morgan fingerprint density at radius 1 is 1.04 bits per heavy atom. The van der Waals surface area contributed by atoms with Crippen LogP contribution in [0.5, 0.6) is 0 Å². The lowest BCUT2D eigenvalue weighted by atomic mass is 10.1. The highest BCUT2D eigenvalue weighted by Crippen LogP contribution is 2.15. The molecule has 2 rings (SSSR count). The minimum Gasteiger partial charge on any atom is -0.466 e. The second kappa shape index (κ2) is 9.23. The first-order chi connectivity index (χ1) is 12.0. The van der Waals surface area contributed by atoms with Crippen molar-refractivity contribution in [1.82, 2.24) is 4.90 Å². The van der Waals surface area contributed by atoms with Gasteiger partial charge in [0.05, 0.1) is 13.0 Å². The number of ether oxygens (including phenoxy) is 1. The van der Waals surface area contributed by atoms with Crippen LogP contribution in [0.25, 0.3) is 0 Å². The highest BCUT2D eigenvalue weighted by Gasteiger charge is 2.18. The van der Waals surface area contributed by atoms with Crippen LogP contribution in [0.15, 0.2) is 48.5 Å². The Kier molecular flexibility index (Phi) is 7.02. The first-order valence-electron chi connectivity index (χ1n) is 8.25. The molecule has 0 radical (unpaired) electrons.